The van der Waals surface area contributed by atoms with E-state index in [-0.39, 0.29) is 24.5 Å². The van der Waals surface area contributed by atoms with Gasteiger partial charge >= 0.3 is 5.97 Å². The highest BCUT2D eigenvalue weighted by Crippen LogP contribution is 2.27. The van der Waals surface area contributed by atoms with Crippen LogP contribution in [0.3, 0.4) is 0 Å². The van der Waals surface area contributed by atoms with Gasteiger partial charge in [0.1, 0.15) is 5.75 Å². The Balaban J connectivity index is 1.59. The average molecular weight is 375 g/mol. The summed E-state index contributed by atoms with van der Waals surface area (Å²) >= 11 is 0. The van der Waals surface area contributed by atoms with Gasteiger partial charge in [-0.2, -0.15) is 0 Å². The second-order valence-corrected chi connectivity index (χ2v) is 7.64. The Bertz CT molecular complexity index is 638. The molecule has 1 heterocycles. The summed E-state index contributed by atoms with van der Waals surface area (Å²) in [6.07, 6.45) is 6.75. The van der Waals surface area contributed by atoms with Crippen LogP contribution in [0.2, 0.25) is 0 Å². The van der Waals surface area contributed by atoms with Gasteiger partial charge in [0.15, 0.2) is 0 Å². The van der Waals surface area contributed by atoms with Gasteiger partial charge in [0.05, 0.1) is 19.1 Å². The number of carboxylic acid groups (broad SMARTS) is 1. The first-order valence-electron chi connectivity index (χ1n) is 9.85. The van der Waals surface area contributed by atoms with Gasteiger partial charge in [-0.1, -0.05) is 19.3 Å². The minimum Gasteiger partial charge on any atom is -0.493 e. The van der Waals surface area contributed by atoms with Crippen LogP contribution >= 0.6 is 0 Å². The highest BCUT2D eigenvalue weighted by molar-refractivity contribution is 5.95. The largest absolute Gasteiger partial charge is 0.493 e. The Labute approximate surface area is 160 Å². The zero-order valence-electron chi connectivity index (χ0n) is 15.9. The molecule has 1 aromatic carbocycles. The number of carboxylic acids is 1. The van der Waals surface area contributed by atoms with Crippen LogP contribution in [-0.4, -0.2) is 54.3 Å². The van der Waals surface area contributed by atoms with Crippen molar-refractivity contribution in [1.82, 2.24) is 4.90 Å². The zero-order valence-corrected chi connectivity index (χ0v) is 15.9. The smallest absolute Gasteiger partial charge is 0.305 e. The summed E-state index contributed by atoms with van der Waals surface area (Å²) < 4.78 is 11.2. The maximum absolute atomic E-state index is 12.9. The second-order valence-electron chi connectivity index (χ2n) is 7.64. The van der Waals surface area contributed by atoms with Crippen LogP contribution in [-0.2, 0) is 9.53 Å². The summed E-state index contributed by atoms with van der Waals surface area (Å²) in [5, 5.41) is 9.11. The predicted molar refractivity (Wildman–Crippen MR) is 101 cm³/mol. The van der Waals surface area contributed by atoms with E-state index in [2.05, 4.69) is 0 Å². The number of methoxy groups -OCH3 is 1. The first-order valence-corrected chi connectivity index (χ1v) is 9.85. The highest BCUT2D eigenvalue weighted by atomic mass is 16.5. The summed E-state index contributed by atoms with van der Waals surface area (Å²) in [5.41, 5.74) is 0.548. The van der Waals surface area contributed by atoms with Crippen LogP contribution < -0.4 is 4.74 Å². The number of nitrogens with zero attached hydrogens (tertiary/aromatic N) is 1. The van der Waals surface area contributed by atoms with Gasteiger partial charge in [-0.15, -0.1) is 0 Å². The maximum Gasteiger partial charge on any atom is 0.305 e. The molecule has 1 N–H and O–H groups in total. The molecule has 0 aromatic heterocycles. The topological polar surface area (TPSA) is 76.1 Å². The summed E-state index contributed by atoms with van der Waals surface area (Å²) in [6, 6.07) is 6.84. The molecule has 6 heteroatoms. The van der Waals surface area contributed by atoms with Crippen molar-refractivity contribution in [3.63, 3.8) is 0 Å². The Morgan fingerprint density at radius 3 is 2.48 bits per heavy atom. The van der Waals surface area contributed by atoms with E-state index in [1.54, 1.807) is 24.1 Å². The SMILES string of the molecule is COC1CC(CC(=O)O)N(C(=O)c2ccc(OCC3CCCCC3)cc2)C1. The minimum absolute atomic E-state index is 0.0613. The molecule has 2 fully saturated rings. The summed E-state index contributed by atoms with van der Waals surface area (Å²) in [7, 11) is 1.59. The lowest BCUT2D eigenvalue weighted by molar-refractivity contribution is -0.137. The Hall–Kier alpha value is -2.08. The lowest BCUT2D eigenvalue weighted by Gasteiger charge is -2.23. The van der Waals surface area contributed by atoms with Gasteiger partial charge in [-0.05, 0) is 49.4 Å². The second kappa shape index (κ2) is 9.22. The lowest BCUT2D eigenvalue weighted by atomic mass is 9.90. The van der Waals surface area contributed by atoms with Crippen molar-refractivity contribution in [2.45, 2.75) is 57.1 Å². The molecule has 1 aliphatic carbocycles. The summed E-state index contributed by atoms with van der Waals surface area (Å²) in [4.78, 5) is 25.6. The summed E-state index contributed by atoms with van der Waals surface area (Å²) in [5.74, 6) is 0.350. The van der Waals surface area contributed by atoms with E-state index < -0.39 is 5.97 Å². The number of aliphatic carboxylic acids is 1. The number of hydrogen-bond donors (Lipinski definition) is 1. The molecule has 27 heavy (non-hydrogen) atoms. The zero-order chi connectivity index (χ0) is 19.2. The number of ether oxygens (including phenoxy) is 2. The van der Waals surface area contributed by atoms with Crippen molar-refractivity contribution in [1.29, 1.82) is 0 Å². The molecule has 0 bridgehead atoms. The van der Waals surface area contributed by atoms with Gasteiger partial charge in [-0.25, -0.2) is 0 Å². The molecular weight excluding hydrogens is 346 g/mol. The molecule has 1 saturated heterocycles. The van der Waals surface area contributed by atoms with E-state index in [1.165, 1.54) is 32.1 Å². The van der Waals surface area contributed by atoms with Crippen LogP contribution in [0, 0.1) is 5.92 Å². The van der Waals surface area contributed by atoms with E-state index in [9.17, 15) is 9.59 Å². The van der Waals surface area contributed by atoms with Crippen molar-refractivity contribution >= 4 is 11.9 Å². The van der Waals surface area contributed by atoms with Gasteiger partial charge in [0, 0.05) is 25.3 Å². The van der Waals surface area contributed by atoms with E-state index in [4.69, 9.17) is 14.6 Å². The number of likely N-dealkylation sites (tertiary alicyclic amines) is 1. The van der Waals surface area contributed by atoms with E-state index in [1.807, 2.05) is 12.1 Å². The van der Waals surface area contributed by atoms with Crippen molar-refractivity contribution < 1.29 is 24.2 Å². The van der Waals surface area contributed by atoms with E-state index in [0.717, 1.165) is 12.4 Å². The Morgan fingerprint density at radius 2 is 1.85 bits per heavy atom. The molecule has 2 atom stereocenters. The van der Waals surface area contributed by atoms with Crippen LogP contribution in [0.25, 0.3) is 0 Å². The number of hydrogen-bond acceptors (Lipinski definition) is 4. The standard InChI is InChI=1S/C21H29NO5/c1-26-19-11-17(12-20(23)24)22(13-19)21(25)16-7-9-18(10-8-16)27-14-15-5-3-2-4-6-15/h7-10,15,17,19H,2-6,11-14H2,1H3,(H,23,24). The van der Waals surface area contributed by atoms with Gasteiger partial charge in [-0.3, -0.25) is 9.59 Å². The molecule has 1 saturated carbocycles. The molecule has 1 aliphatic heterocycles. The molecule has 1 aromatic rings. The molecule has 148 valence electrons. The third-order valence-electron chi connectivity index (χ3n) is 5.69. The first kappa shape index (κ1) is 19.7. The van der Waals surface area contributed by atoms with Crippen molar-refractivity contribution in [2.75, 3.05) is 20.3 Å². The molecule has 3 rings (SSSR count). The van der Waals surface area contributed by atoms with Crippen LogP contribution in [0.5, 0.6) is 5.75 Å². The fraction of sp³-hybridized carbons (Fsp3) is 0.619. The van der Waals surface area contributed by atoms with Gasteiger partial charge in [0.25, 0.3) is 5.91 Å². The molecule has 1 amide bonds. The number of carbonyl (C=O) groups excluding carboxylic acids is 1. The van der Waals surface area contributed by atoms with E-state index >= 15 is 0 Å². The highest BCUT2D eigenvalue weighted by Gasteiger charge is 2.36. The van der Waals surface area contributed by atoms with Crippen LogP contribution in [0.1, 0.15) is 55.3 Å². The van der Waals surface area contributed by atoms with Gasteiger partial charge < -0.3 is 19.5 Å². The first-order chi connectivity index (χ1) is 13.1. The monoisotopic (exact) mass is 375 g/mol. The fourth-order valence-corrected chi connectivity index (χ4v) is 4.12. The Morgan fingerprint density at radius 1 is 1.15 bits per heavy atom. The molecule has 0 spiro atoms. The van der Waals surface area contributed by atoms with Crippen molar-refractivity contribution in [3.8, 4) is 5.75 Å². The third kappa shape index (κ3) is 5.22. The molecule has 6 nitrogen and oxygen atoms in total. The fourth-order valence-electron chi connectivity index (χ4n) is 4.12. The van der Waals surface area contributed by atoms with Gasteiger partial charge in [0.2, 0.25) is 0 Å². The predicted octanol–water partition coefficient (Wildman–Crippen LogP) is 3.35. The number of benzene rings is 1. The third-order valence-corrected chi connectivity index (χ3v) is 5.69. The molecule has 2 aliphatic rings. The van der Waals surface area contributed by atoms with Crippen LogP contribution in [0.15, 0.2) is 24.3 Å². The number of carbonyl (C=O) groups is 2. The van der Waals surface area contributed by atoms with E-state index in [0.29, 0.717) is 24.4 Å². The molecular formula is C21H29NO5. The average Bonchev–Trinajstić information content (AvgIpc) is 3.09. The quantitative estimate of drug-likeness (QED) is 0.791. The molecule has 0 radical (unpaired) electrons. The lowest BCUT2D eigenvalue weighted by Crippen LogP contribution is -2.37. The minimum atomic E-state index is -0.902. The van der Waals surface area contributed by atoms with Crippen LogP contribution in [0.4, 0.5) is 0 Å². The number of amides is 1. The Kier molecular flexibility index (Phi) is 6.72. The summed E-state index contributed by atoms with van der Waals surface area (Å²) in [6.45, 7) is 1.16. The maximum atomic E-state index is 12.9. The van der Waals surface area contributed by atoms with Crippen molar-refractivity contribution in [2.24, 2.45) is 5.92 Å². The molecule has 2 unspecified atom stereocenters. The number of rotatable bonds is 7. The normalized spacial score (nSPS) is 23.4. The van der Waals surface area contributed by atoms with Crippen molar-refractivity contribution in [3.05, 3.63) is 29.8 Å².